The standard InChI is InChI=1S/C23H26F2N6O5S2/c1-12-10-16-19(37-22(29-16)30-21(32)27-14-6-8-38(33,34)9-7-14)13(2)31(12)23-26-11-17(35-23)15-4-3-5-18(28-15)36-20(24)25/h3-5,11-14,20H,6-10H2,1-2H3,(H2,27,29,30,32)/t12-,13+/m1/s1. The number of sulfone groups is 1. The minimum Gasteiger partial charge on any atom is -0.422 e. The first-order valence-corrected chi connectivity index (χ1v) is 14.7. The van der Waals surface area contributed by atoms with Crippen molar-refractivity contribution in [3.63, 3.8) is 0 Å². The van der Waals surface area contributed by atoms with Crippen molar-refractivity contribution in [2.24, 2.45) is 0 Å². The lowest BCUT2D eigenvalue weighted by molar-refractivity contribution is -0.0527. The highest BCUT2D eigenvalue weighted by molar-refractivity contribution is 7.91. The van der Waals surface area contributed by atoms with Crippen molar-refractivity contribution in [2.75, 3.05) is 21.7 Å². The third-order valence-electron chi connectivity index (χ3n) is 6.50. The molecule has 2 N–H and O–H groups in total. The molecule has 0 aliphatic carbocycles. The van der Waals surface area contributed by atoms with Gasteiger partial charge in [0.05, 0.1) is 34.3 Å². The predicted octanol–water partition coefficient (Wildman–Crippen LogP) is 4.01. The minimum atomic E-state index is -3.01. The number of pyridine rings is 1. The molecular formula is C23H26F2N6O5S2. The molecule has 0 radical (unpaired) electrons. The summed E-state index contributed by atoms with van der Waals surface area (Å²) in [6, 6.07) is 4.03. The van der Waals surface area contributed by atoms with Crippen LogP contribution in [0.5, 0.6) is 5.88 Å². The van der Waals surface area contributed by atoms with Gasteiger partial charge in [-0.3, -0.25) is 5.32 Å². The first-order chi connectivity index (χ1) is 18.1. The minimum absolute atomic E-state index is 0.0292. The molecule has 0 saturated carbocycles. The molecule has 204 valence electrons. The first kappa shape index (κ1) is 26.3. The molecule has 0 unspecified atom stereocenters. The van der Waals surface area contributed by atoms with Crippen LogP contribution in [0.3, 0.4) is 0 Å². The maximum atomic E-state index is 12.6. The van der Waals surface area contributed by atoms with Gasteiger partial charge in [-0.15, -0.1) is 0 Å². The van der Waals surface area contributed by atoms with Gasteiger partial charge in [0.1, 0.15) is 15.5 Å². The van der Waals surface area contributed by atoms with Crippen molar-refractivity contribution in [1.29, 1.82) is 0 Å². The second-order valence-electron chi connectivity index (χ2n) is 9.24. The number of rotatable bonds is 6. The van der Waals surface area contributed by atoms with E-state index in [0.29, 0.717) is 41.9 Å². The van der Waals surface area contributed by atoms with Crippen molar-refractivity contribution in [3.05, 3.63) is 35.0 Å². The number of alkyl halides is 2. The highest BCUT2D eigenvalue weighted by atomic mass is 32.2. The molecule has 2 aliphatic rings. The number of carbonyl (C=O) groups is 1. The molecule has 11 nitrogen and oxygen atoms in total. The highest BCUT2D eigenvalue weighted by Gasteiger charge is 2.35. The van der Waals surface area contributed by atoms with E-state index < -0.39 is 22.5 Å². The maximum Gasteiger partial charge on any atom is 0.388 e. The Hall–Kier alpha value is -3.33. The molecular weight excluding hydrogens is 542 g/mol. The van der Waals surface area contributed by atoms with Crippen LogP contribution in [0, 0.1) is 0 Å². The summed E-state index contributed by atoms with van der Waals surface area (Å²) in [6.07, 6.45) is 2.86. The van der Waals surface area contributed by atoms with E-state index in [4.69, 9.17) is 4.42 Å². The summed E-state index contributed by atoms with van der Waals surface area (Å²) in [4.78, 5) is 28.5. The molecule has 2 amide bonds. The highest BCUT2D eigenvalue weighted by Crippen LogP contribution is 2.41. The summed E-state index contributed by atoms with van der Waals surface area (Å²) in [5.41, 5.74) is 1.18. The number of thiazole rings is 1. The lowest BCUT2D eigenvalue weighted by Gasteiger charge is -2.36. The molecule has 2 atom stereocenters. The fourth-order valence-electron chi connectivity index (χ4n) is 4.69. The summed E-state index contributed by atoms with van der Waals surface area (Å²) in [5, 5.41) is 6.06. The molecule has 3 aromatic rings. The molecule has 5 heterocycles. The molecule has 3 aromatic heterocycles. The Bertz CT molecular complexity index is 1420. The smallest absolute Gasteiger partial charge is 0.388 e. The van der Waals surface area contributed by atoms with Gasteiger partial charge in [-0.25, -0.2) is 28.2 Å². The average Bonchev–Trinajstić information content (AvgIpc) is 3.48. The van der Waals surface area contributed by atoms with Crippen molar-refractivity contribution in [3.8, 4) is 17.3 Å². The van der Waals surface area contributed by atoms with Gasteiger partial charge in [0.15, 0.2) is 10.9 Å². The number of aromatic nitrogens is 3. The molecule has 1 fully saturated rings. The Balaban J connectivity index is 1.27. The van der Waals surface area contributed by atoms with Gasteiger partial charge in [-0.05, 0) is 32.8 Å². The number of nitrogens with one attached hydrogen (secondary N) is 2. The third kappa shape index (κ3) is 5.72. The number of amides is 2. The van der Waals surface area contributed by atoms with Gasteiger partial charge < -0.3 is 19.4 Å². The molecule has 15 heteroatoms. The molecule has 0 spiro atoms. The first-order valence-electron chi connectivity index (χ1n) is 12.0. The van der Waals surface area contributed by atoms with Crippen LogP contribution < -0.4 is 20.3 Å². The van der Waals surface area contributed by atoms with E-state index in [2.05, 4.69) is 30.3 Å². The van der Waals surface area contributed by atoms with Gasteiger partial charge in [0, 0.05) is 24.6 Å². The fourth-order valence-corrected chi connectivity index (χ4v) is 7.22. The molecule has 38 heavy (non-hydrogen) atoms. The average molecular weight is 569 g/mol. The SMILES string of the molecule is C[C@@H]1Cc2nc(NC(=O)NC3CCS(=O)(=O)CC3)sc2[C@H](C)N1c1ncc(-c2cccc(OC(F)F)n2)o1. The Morgan fingerprint density at radius 2 is 2.00 bits per heavy atom. The van der Waals surface area contributed by atoms with Crippen LogP contribution >= 0.6 is 11.3 Å². The third-order valence-corrected chi connectivity index (χ3v) is 9.40. The topological polar surface area (TPSA) is 140 Å². The number of fused-ring (bicyclic) bond motifs is 1. The van der Waals surface area contributed by atoms with E-state index >= 15 is 0 Å². The molecule has 1 saturated heterocycles. The summed E-state index contributed by atoms with van der Waals surface area (Å²) in [6.45, 7) is 1.01. The quantitative estimate of drug-likeness (QED) is 0.451. The summed E-state index contributed by atoms with van der Waals surface area (Å²) < 4.78 is 58.7. The number of anilines is 2. The molecule has 5 rings (SSSR count). The van der Waals surface area contributed by atoms with Crippen LogP contribution in [0.25, 0.3) is 11.5 Å². The number of oxazole rings is 1. The van der Waals surface area contributed by atoms with Gasteiger partial charge in [0.2, 0.25) is 5.88 Å². The normalized spacial score (nSPS) is 21.2. The van der Waals surface area contributed by atoms with Crippen LogP contribution in [0.15, 0.2) is 28.8 Å². The molecule has 0 bridgehead atoms. The van der Waals surface area contributed by atoms with Crippen molar-refractivity contribution < 1.29 is 31.1 Å². The fraction of sp³-hybridized carbons (Fsp3) is 0.478. The van der Waals surface area contributed by atoms with E-state index in [1.165, 1.54) is 23.6 Å². The van der Waals surface area contributed by atoms with Crippen LogP contribution in [-0.4, -0.2) is 59.6 Å². The van der Waals surface area contributed by atoms with Gasteiger partial charge in [0.25, 0.3) is 6.01 Å². The van der Waals surface area contributed by atoms with Gasteiger partial charge in [-0.2, -0.15) is 8.78 Å². The predicted molar refractivity (Wildman–Crippen MR) is 136 cm³/mol. The van der Waals surface area contributed by atoms with Crippen molar-refractivity contribution in [1.82, 2.24) is 20.3 Å². The van der Waals surface area contributed by atoms with Crippen LogP contribution in [0.4, 0.5) is 24.7 Å². The van der Waals surface area contributed by atoms with Gasteiger partial charge in [-0.1, -0.05) is 17.4 Å². The zero-order chi connectivity index (χ0) is 27.0. The second-order valence-corrected chi connectivity index (χ2v) is 12.6. The van der Waals surface area contributed by atoms with E-state index in [1.54, 1.807) is 12.1 Å². The number of halogens is 2. The largest absolute Gasteiger partial charge is 0.422 e. The van der Waals surface area contributed by atoms with Crippen LogP contribution in [-0.2, 0) is 16.3 Å². The maximum absolute atomic E-state index is 12.6. The van der Waals surface area contributed by atoms with E-state index in [9.17, 15) is 22.0 Å². The number of ether oxygens (including phenoxy) is 1. The Labute approximate surface area is 221 Å². The lowest BCUT2D eigenvalue weighted by Crippen LogP contribution is -2.42. The molecule has 0 aromatic carbocycles. The number of urea groups is 1. The Morgan fingerprint density at radius 3 is 2.74 bits per heavy atom. The van der Waals surface area contributed by atoms with Gasteiger partial charge >= 0.3 is 12.6 Å². The zero-order valence-corrected chi connectivity index (χ0v) is 22.2. The lowest BCUT2D eigenvalue weighted by atomic mass is 10.0. The van der Waals surface area contributed by atoms with Crippen LogP contribution in [0.2, 0.25) is 0 Å². The zero-order valence-electron chi connectivity index (χ0n) is 20.6. The number of hydrogen-bond acceptors (Lipinski definition) is 10. The number of carbonyl (C=O) groups excluding carboxylic acids is 1. The number of hydrogen-bond donors (Lipinski definition) is 2. The van der Waals surface area contributed by atoms with Crippen molar-refractivity contribution in [2.45, 2.75) is 57.8 Å². The van der Waals surface area contributed by atoms with Crippen LogP contribution in [0.1, 0.15) is 43.3 Å². The molecule has 2 aliphatic heterocycles. The second kappa shape index (κ2) is 10.4. The summed E-state index contributed by atoms with van der Waals surface area (Å²) >= 11 is 1.35. The summed E-state index contributed by atoms with van der Waals surface area (Å²) in [5.74, 6) is 0.232. The van der Waals surface area contributed by atoms with E-state index in [1.807, 2.05) is 18.7 Å². The van der Waals surface area contributed by atoms with Crippen molar-refractivity contribution >= 4 is 38.4 Å². The summed E-state index contributed by atoms with van der Waals surface area (Å²) in [7, 11) is -3.01. The van der Waals surface area contributed by atoms with E-state index in [-0.39, 0.29) is 35.5 Å². The Morgan fingerprint density at radius 1 is 1.24 bits per heavy atom. The Kier molecular flexibility index (Phi) is 7.22. The number of nitrogens with zero attached hydrogens (tertiary/aromatic N) is 4. The van der Waals surface area contributed by atoms with E-state index in [0.717, 1.165) is 10.6 Å². The monoisotopic (exact) mass is 568 g/mol.